The van der Waals surface area contributed by atoms with Gasteiger partial charge in [0.1, 0.15) is 11.3 Å². The molecule has 0 atom stereocenters. The molecular weight excluding hydrogens is 198 g/mol. The third-order valence-electron chi connectivity index (χ3n) is 1.90. The quantitative estimate of drug-likeness (QED) is 0.772. The Balaban J connectivity index is 2.53. The molecule has 5 heteroatoms. The first-order valence-electron chi connectivity index (χ1n) is 4.48. The highest BCUT2D eigenvalue weighted by molar-refractivity contribution is 5.86. The molecule has 0 saturated carbocycles. The van der Waals surface area contributed by atoms with Gasteiger partial charge in [-0.2, -0.15) is 0 Å². The molecular formula is C10H13NO4. The van der Waals surface area contributed by atoms with Gasteiger partial charge in [0.25, 0.3) is 0 Å². The highest BCUT2D eigenvalue weighted by Gasteiger charge is 2.28. The summed E-state index contributed by atoms with van der Waals surface area (Å²) < 4.78 is 4.97. The molecule has 0 radical (unpaired) electrons. The lowest BCUT2D eigenvalue weighted by molar-refractivity contribution is -0.146. The van der Waals surface area contributed by atoms with Crippen molar-refractivity contribution >= 4 is 11.9 Å². The van der Waals surface area contributed by atoms with Crippen molar-refractivity contribution in [3.05, 3.63) is 24.2 Å². The van der Waals surface area contributed by atoms with Gasteiger partial charge < -0.3 is 14.8 Å². The van der Waals surface area contributed by atoms with Gasteiger partial charge in [-0.05, 0) is 26.0 Å². The number of rotatable bonds is 4. The van der Waals surface area contributed by atoms with Crippen molar-refractivity contribution in [2.24, 2.45) is 0 Å². The van der Waals surface area contributed by atoms with Crippen LogP contribution in [0.25, 0.3) is 0 Å². The molecule has 0 bridgehead atoms. The van der Waals surface area contributed by atoms with Crippen LogP contribution in [0.15, 0.2) is 22.8 Å². The number of aliphatic carboxylic acids is 1. The number of carboxylic acids is 1. The van der Waals surface area contributed by atoms with Gasteiger partial charge in [0, 0.05) is 0 Å². The van der Waals surface area contributed by atoms with Gasteiger partial charge in [-0.15, -0.1) is 0 Å². The van der Waals surface area contributed by atoms with E-state index in [0.29, 0.717) is 5.76 Å². The molecule has 0 unspecified atom stereocenters. The number of furan rings is 1. The first-order valence-corrected chi connectivity index (χ1v) is 4.48. The lowest BCUT2D eigenvalue weighted by Gasteiger charge is -2.20. The summed E-state index contributed by atoms with van der Waals surface area (Å²) in [4.78, 5) is 22.1. The SMILES string of the molecule is CC(C)(NC(=O)Cc1ccco1)C(=O)O. The van der Waals surface area contributed by atoms with Crippen LogP contribution >= 0.6 is 0 Å². The van der Waals surface area contributed by atoms with E-state index in [2.05, 4.69) is 5.32 Å². The zero-order valence-corrected chi connectivity index (χ0v) is 8.61. The molecule has 1 aromatic rings. The molecule has 0 aromatic carbocycles. The van der Waals surface area contributed by atoms with Crippen molar-refractivity contribution in [2.75, 3.05) is 0 Å². The Bertz CT molecular complexity index is 354. The van der Waals surface area contributed by atoms with Crippen LogP contribution in [0, 0.1) is 0 Å². The maximum absolute atomic E-state index is 11.4. The van der Waals surface area contributed by atoms with Crippen molar-refractivity contribution < 1.29 is 19.1 Å². The Hall–Kier alpha value is -1.78. The van der Waals surface area contributed by atoms with Crippen molar-refractivity contribution in [1.82, 2.24) is 5.32 Å². The molecule has 0 fully saturated rings. The van der Waals surface area contributed by atoms with Crippen LogP contribution < -0.4 is 5.32 Å². The lowest BCUT2D eigenvalue weighted by Crippen LogP contribution is -2.50. The van der Waals surface area contributed by atoms with Crippen molar-refractivity contribution in [2.45, 2.75) is 25.8 Å². The molecule has 0 aliphatic heterocycles. The first-order chi connectivity index (χ1) is 6.92. The molecule has 0 aliphatic carbocycles. The smallest absolute Gasteiger partial charge is 0.328 e. The Morgan fingerprint density at radius 3 is 2.67 bits per heavy atom. The second-order valence-electron chi connectivity index (χ2n) is 3.73. The summed E-state index contributed by atoms with van der Waals surface area (Å²) in [6.07, 6.45) is 1.51. The van der Waals surface area contributed by atoms with E-state index in [1.165, 1.54) is 20.1 Å². The molecule has 5 nitrogen and oxygen atoms in total. The number of hydrogen-bond acceptors (Lipinski definition) is 3. The molecule has 0 spiro atoms. The monoisotopic (exact) mass is 211 g/mol. The van der Waals surface area contributed by atoms with E-state index in [-0.39, 0.29) is 12.3 Å². The zero-order chi connectivity index (χ0) is 11.5. The number of amides is 1. The summed E-state index contributed by atoms with van der Waals surface area (Å²) in [5, 5.41) is 11.2. The maximum Gasteiger partial charge on any atom is 0.328 e. The topological polar surface area (TPSA) is 79.5 Å². The Kier molecular flexibility index (Phi) is 3.14. The molecule has 1 heterocycles. The summed E-state index contributed by atoms with van der Waals surface area (Å²) in [5.41, 5.74) is -1.26. The van der Waals surface area contributed by atoms with E-state index in [0.717, 1.165) is 0 Å². The number of carboxylic acid groups (broad SMARTS) is 1. The molecule has 0 aliphatic rings. The Morgan fingerprint density at radius 1 is 1.53 bits per heavy atom. The van der Waals surface area contributed by atoms with Crippen LogP contribution in [0.3, 0.4) is 0 Å². The van der Waals surface area contributed by atoms with Crippen LogP contribution in [0.1, 0.15) is 19.6 Å². The summed E-state index contributed by atoms with van der Waals surface area (Å²) in [6, 6.07) is 3.33. The summed E-state index contributed by atoms with van der Waals surface area (Å²) in [5.74, 6) is -0.943. The van der Waals surface area contributed by atoms with Crippen molar-refractivity contribution in [1.29, 1.82) is 0 Å². The first kappa shape index (κ1) is 11.3. The fourth-order valence-electron chi connectivity index (χ4n) is 1.02. The number of carbonyl (C=O) groups is 2. The summed E-state index contributed by atoms with van der Waals surface area (Å²) >= 11 is 0. The lowest BCUT2D eigenvalue weighted by atomic mass is 10.1. The van der Waals surface area contributed by atoms with Gasteiger partial charge in [0.05, 0.1) is 12.7 Å². The van der Waals surface area contributed by atoms with Gasteiger partial charge in [-0.25, -0.2) is 4.79 Å². The minimum atomic E-state index is -1.26. The van der Waals surface area contributed by atoms with E-state index in [9.17, 15) is 9.59 Å². The molecule has 82 valence electrons. The predicted octanol–water partition coefficient (Wildman–Crippen LogP) is 0.801. The number of nitrogens with one attached hydrogen (secondary N) is 1. The third-order valence-corrected chi connectivity index (χ3v) is 1.90. The standard InChI is InChI=1S/C10H13NO4/c1-10(2,9(13)14)11-8(12)6-7-4-3-5-15-7/h3-5H,6H2,1-2H3,(H,11,12)(H,13,14). The zero-order valence-electron chi connectivity index (χ0n) is 8.61. The second kappa shape index (κ2) is 4.16. The Labute approximate surface area is 87.1 Å². The Morgan fingerprint density at radius 2 is 2.20 bits per heavy atom. The van der Waals surface area contributed by atoms with Gasteiger partial charge in [0.2, 0.25) is 5.91 Å². The van der Waals surface area contributed by atoms with Gasteiger partial charge in [-0.1, -0.05) is 0 Å². The average molecular weight is 211 g/mol. The summed E-state index contributed by atoms with van der Waals surface area (Å²) in [6.45, 7) is 2.85. The molecule has 15 heavy (non-hydrogen) atoms. The van der Waals surface area contributed by atoms with E-state index in [4.69, 9.17) is 9.52 Å². The van der Waals surface area contributed by atoms with Crippen molar-refractivity contribution in [3.8, 4) is 0 Å². The molecule has 1 amide bonds. The molecule has 2 N–H and O–H groups in total. The van der Waals surface area contributed by atoms with Crippen LogP contribution in [-0.2, 0) is 16.0 Å². The predicted molar refractivity (Wildman–Crippen MR) is 52.3 cm³/mol. The fourth-order valence-corrected chi connectivity index (χ4v) is 1.02. The summed E-state index contributed by atoms with van der Waals surface area (Å²) in [7, 11) is 0. The minimum Gasteiger partial charge on any atom is -0.480 e. The maximum atomic E-state index is 11.4. The fraction of sp³-hybridized carbons (Fsp3) is 0.400. The van der Waals surface area contributed by atoms with E-state index < -0.39 is 11.5 Å². The molecule has 0 saturated heterocycles. The largest absolute Gasteiger partial charge is 0.480 e. The number of hydrogen-bond donors (Lipinski definition) is 2. The van der Waals surface area contributed by atoms with E-state index in [1.807, 2.05) is 0 Å². The van der Waals surface area contributed by atoms with Gasteiger partial charge >= 0.3 is 5.97 Å². The van der Waals surface area contributed by atoms with E-state index >= 15 is 0 Å². The normalized spacial score (nSPS) is 11.1. The highest BCUT2D eigenvalue weighted by Crippen LogP contribution is 2.05. The highest BCUT2D eigenvalue weighted by atomic mass is 16.4. The van der Waals surface area contributed by atoms with Crippen LogP contribution in [0.5, 0.6) is 0 Å². The van der Waals surface area contributed by atoms with Crippen LogP contribution in [-0.4, -0.2) is 22.5 Å². The van der Waals surface area contributed by atoms with Crippen LogP contribution in [0.4, 0.5) is 0 Å². The third kappa shape index (κ3) is 3.12. The number of carbonyl (C=O) groups excluding carboxylic acids is 1. The van der Waals surface area contributed by atoms with Crippen LogP contribution in [0.2, 0.25) is 0 Å². The second-order valence-corrected chi connectivity index (χ2v) is 3.73. The van der Waals surface area contributed by atoms with Gasteiger partial charge in [-0.3, -0.25) is 4.79 Å². The van der Waals surface area contributed by atoms with Crippen molar-refractivity contribution in [3.63, 3.8) is 0 Å². The molecule has 1 aromatic heterocycles. The average Bonchev–Trinajstić information content (AvgIpc) is 2.54. The van der Waals surface area contributed by atoms with E-state index in [1.54, 1.807) is 12.1 Å². The van der Waals surface area contributed by atoms with Gasteiger partial charge in [0.15, 0.2) is 0 Å². The molecule has 1 rings (SSSR count). The minimum absolute atomic E-state index is 0.0453.